The first-order valence-electron chi connectivity index (χ1n) is 7.71. The molecule has 1 aromatic heterocycles. The van der Waals surface area contributed by atoms with Crippen molar-refractivity contribution in [2.24, 2.45) is 5.92 Å². The summed E-state index contributed by atoms with van der Waals surface area (Å²) in [5.74, 6) is -0.418. The van der Waals surface area contributed by atoms with Crippen LogP contribution < -0.4 is 11.1 Å². The zero-order chi connectivity index (χ0) is 17.5. The summed E-state index contributed by atoms with van der Waals surface area (Å²) >= 11 is 0. The predicted molar refractivity (Wildman–Crippen MR) is 91.2 cm³/mol. The van der Waals surface area contributed by atoms with Gasteiger partial charge in [-0.25, -0.2) is 17.4 Å². The lowest BCUT2D eigenvalue weighted by Gasteiger charge is -2.12. The van der Waals surface area contributed by atoms with E-state index in [-0.39, 0.29) is 17.8 Å². The molecule has 0 spiro atoms. The molecule has 0 radical (unpaired) electrons. The number of nitrogens with two attached hydrogens (primary N) is 1. The van der Waals surface area contributed by atoms with Gasteiger partial charge in [-0.3, -0.25) is 4.79 Å². The number of amides is 1. The van der Waals surface area contributed by atoms with Gasteiger partial charge in [-0.2, -0.15) is 0 Å². The zero-order valence-electron chi connectivity index (χ0n) is 13.5. The first-order chi connectivity index (χ1) is 11.3. The zero-order valence-corrected chi connectivity index (χ0v) is 14.3. The molecule has 0 saturated carbocycles. The smallest absolute Gasteiger partial charge is 0.244 e. The number of fused-ring (bicyclic) bond motifs is 1. The van der Waals surface area contributed by atoms with Gasteiger partial charge in [0.25, 0.3) is 0 Å². The van der Waals surface area contributed by atoms with Gasteiger partial charge in [0.05, 0.1) is 28.8 Å². The van der Waals surface area contributed by atoms with Crippen LogP contribution in [0.1, 0.15) is 20.3 Å². The molecule has 1 atom stereocenters. The third kappa shape index (κ3) is 2.84. The van der Waals surface area contributed by atoms with E-state index < -0.39 is 15.3 Å². The summed E-state index contributed by atoms with van der Waals surface area (Å²) in [5.41, 5.74) is 7.10. The molecular weight excluding hydrogens is 332 g/mol. The lowest BCUT2D eigenvalue weighted by molar-refractivity contribution is -0.119. The Hall–Kier alpha value is -2.13. The highest BCUT2D eigenvalue weighted by molar-refractivity contribution is 7.90. The number of rotatable bonds is 4. The fraction of sp³-hybridized carbons (Fsp3) is 0.467. The fourth-order valence-corrected chi connectivity index (χ4v) is 3.76. The minimum atomic E-state index is -3.66. The van der Waals surface area contributed by atoms with Gasteiger partial charge in [-0.05, 0) is 38.5 Å². The number of aromatic nitrogens is 2. The van der Waals surface area contributed by atoms with E-state index >= 15 is 0 Å². The molecule has 1 unspecified atom stereocenters. The molecule has 0 bridgehead atoms. The maximum absolute atomic E-state index is 12.5. The van der Waals surface area contributed by atoms with Gasteiger partial charge in [-0.1, -0.05) is 0 Å². The van der Waals surface area contributed by atoms with Gasteiger partial charge in [0.2, 0.25) is 21.9 Å². The number of nitrogen functional groups attached to an aromatic ring is 1. The van der Waals surface area contributed by atoms with E-state index in [0.29, 0.717) is 36.4 Å². The number of carbonyl (C=O) groups excluding carboxylic acids is 1. The summed E-state index contributed by atoms with van der Waals surface area (Å²) < 4.78 is 31.3. The predicted octanol–water partition coefficient (Wildman–Crippen LogP) is 1.18. The topological polar surface area (TPSA) is 116 Å². The Morgan fingerprint density at radius 3 is 2.83 bits per heavy atom. The van der Waals surface area contributed by atoms with E-state index in [2.05, 4.69) is 10.3 Å². The fourth-order valence-electron chi connectivity index (χ4n) is 2.61. The molecule has 0 aliphatic carbocycles. The van der Waals surface area contributed by atoms with Gasteiger partial charge >= 0.3 is 0 Å². The standard InChI is InChI=1S/C15H20N4O4S/c1-9(2)24(21,22)19-13-7-11(3-4-12(13)18-15(19)16)17-14(20)10-5-6-23-8-10/h3-4,7,9-10H,5-6,8H2,1-2H3,(H2,16,18)(H,17,20). The van der Waals surface area contributed by atoms with E-state index in [1.54, 1.807) is 32.0 Å². The Labute approximate surface area is 140 Å². The number of nitrogens with one attached hydrogen (secondary N) is 1. The Balaban J connectivity index is 1.99. The van der Waals surface area contributed by atoms with Crippen molar-refractivity contribution < 1.29 is 17.9 Å². The lowest BCUT2D eigenvalue weighted by Crippen LogP contribution is -2.24. The molecule has 9 heteroatoms. The van der Waals surface area contributed by atoms with Crippen molar-refractivity contribution in [1.29, 1.82) is 0 Å². The number of hydrogen-bond acceptors (Lipinski definition) is 6. The largest absolute Gasteiger partial charge is 0.381 e. The van der Waals surface area contributed by atoms with Crippen LogP contribution in [-0.4, -0.2) is 41.7 Å². The first-order valence-corrected chi connectivity index (χ1v) is 9.22. The van der Waals surface area contributed by atoms with E-state index in [4.69, 9.17) is 10.5 Å². The van der Waals surface area contributed by atoms with Crippen LogP contribution in [0.4, 0.5) is 11.6 Å². The molecule has 24 heavy (non-hydrogen) atoms. The van der Waals surface area contributed by atoms with E-state index in [0.717, 1.165) is 3.97 Å². The van der Waals surface area contributed by atoms with Crippen molar-refractivity contribution in [2.75, 3.05) is 24.3 Å². The summed E-state index contributed by atoms with van der Waals surface area (Å²) in [7, 11) is -3.66. The van der Waals surface area contributed by atoms with Gasteiger partial charge in [0.1, 0.15) is 0 Å². The Morgan fingerprint density at radius 2 is 2.21 bits per heavy atom. The third-order valence-corrected chi connectivity index (χ3v) is 6.14. The van der Waals surface area contributed by atoms with Crippen LogP contribution in [-0.2, 0) is 19.6 Å². The van der Waals surface area contributed by atoms with Crippen LogP contribution in [0.5, 0.6) is 0 Å². The normalized spacial score (nSPS) is 18.4. The number of ether oxygens (including phenoxy) is 1. The molecule has 130 valence electrons. The molecule has 1 amide bonds. The van der Waals surface area contributed by atoms with Crippen LogP contribution in [0.3, 0.4) is 0 Å². The number of benzene rings is 1. The second-order valence-electron chi connectivity index (χ2n) is 6.08. The van der Waals surface area contributed by atoms with E-state index in [9.17, 15) is 13.2 Å². The maximum atomic E-state index is 12.5. The third-order valence-electron chi connectivity index (χ3n) is 4.06. The lowest BCUT2D eigenvalue weighted by atomic mass is 10.1. The molecule has 1 aliphatic rings. The molecule has 2 aromatic rings. The van der Waals surface area contributed by atoms with Gasteiger partial charge in [0.15, 0.2) is 0 Å². The first kappa shape index (κ1) is 16.7. The van der Waals surface area contributed by atoms with Crippen molar-refractivity contribution in [3.8, 4) is 0 Å². The Kier molecular flexibility index (Phi) is 4.22. The Morgan fingerprint density at radius 1 is 1.46 bits per heavy atom. The van der Waals surface area contributed by atoms with Crippen molar-refractivity contribution in [3.05, 3.63) is 18.2 Å². The monoisotopic (exact) mass is 352 g/mol. The number of hydrogen-bond donors (Lipinski definition) is 2. The van der Waals surface area contributed by atoms with Crippen molar-refractivity contribution in [2.45, 2.75) is 25.5 Å². The van der Waals surface area contributed by atoms with Crippen LogP contribution in [0.2, 0.25) is 0 Å². The van der Waals surface area contributed by atoms with E-state index in [1.807, 2.05) is 0 Å². The molecule has 1 aromatic carbocycles. The second-order valence-corrected chi connectivity index (χ2v) is 8.42. The quantitative estimate of drug-likeness (QED) is 0.853. The Bertz CT molecular complexity index is 882. The molecular formula is C15H20N4O4S. The van der Waals surface area contributed by atoms with Crippen LogP contribution >= 0.6 is 0 Å². The average Bonchev–Trinajstić information content (AvgIpc) is 3.13. The molecule has 1 saturated heterocycles. The summed E-state index contributed by atoms with van der Waals surface area (Å²) in [6.45, 7) is 4.13. The van der Waals surface area contributed by atoms with Crippen molar-refractivity contribution in [3.63, 3.8) is 0 Å². The number of anilines is 2. The molecule has 3 N–H and O–H groups in total. The van der Waals surface area contributed by atoms with Crippen molar-refractivity contribution in [1.82, 2.24) is 8.96 Å². The number of nitrogens with zero attached hydrogens (tertiary/aromatic N) is 2. The molecule has 8 nitrogen and oxygen atoms in total. The summed E-state index contributed by atoms with van der Waals surface area (Å²) in [4.78, 5) is 16.3. The highest BCUT2D eigenvalue weighted by atomic mass is 32.2. The van der Waals surface area contributed by atoms with Crippen molar-refractivity contribution >= 4 is 38.6 Å². The molecule has 3 rings (SSSR count). The SMILES string of the molecule is CC(C)S(=O)(=O)n1c(N)nc2ccc(NC(=O)C3CCOC3)cc21. The minimum absolute atomic E-state index is 0.0913. The highest BCUT2D eigenvalue weighted by Gasteiger charge is 2.26. The summed E-state index contributed by atoms with van der Waals surface area (Å²) in [6.07, 6.45) is 0.681. The number of carbonyl (C=O) groups is 1. The molecule has 1 fully saturated rings. The van der Waals surface area contributed by atoms with Gasteiger partial charge in [0, 0.05) is 12.3 Å². The van der Waals surface area contributed by atoms with Crippen LogP contribution in [0.15, 0.2) is 18.2 Å². The summed E-state index contributed by atoms with van der Waals surface area (Å²) in [6, 6.07) is 4.89. The molecule has 2 heterocycles. The highest BCUT2D eigenvalue weighted by Crippen LogP contribution is 2.26. The summed E-state index contributed by atoms with van der Waals surface area (Å²) in [5, 5.41) is 2.15. The van der Waals surface area contributed by atoms with Gasteiger partial charge < -0.3 is 15.8 Å². The second kappa shape index (κ2) is 6.06. The minimum Gasteiger partial charge on any atom is -0.381 e. The van der Waals surface area contributed by atoms with Crippen LogP contribution in [0, 0.1) is 5.92 Å². The van der Waals surface area contributed by atoms with Gasteiger partial charge in [-0.15, -0.1) is 0 Å². The molecule has 1 aliphatic heterocycles. The average molecular weight is 352 g/mol. The van der Waals surface area contributed by atoms with E-state index in [1.165, 1.54) is 0 Å². The maximum Gasteiger partial charge on any atom is 0.244 e. The van der Waals surface area contributed by atoms with Crippen LogP contribution in [0.25, 0.3) is 11.0 Å². The number of imidazole rings is 1.